The van der Waals surface area contributed by atoms with E-state index < -0.39 is 17.3 Å². The highest BCUT2D eigenvalue weighted by atomic mass is 35.5. The fourth-order valence-electron chi connectivity index (χ4n) is 3.19. The Bertz CT molecular complexity index is 1180. The molecule has 0 radical (unpaired) electrons. The number of aryl methyl sites for hydroxylation is 1. The van der Waals surface area contributed by atoms with Gasteiger partial charge < -0.3 is 5.32 Å². The topological polar surface area (TPSA) is 73.1 Å². The van der Waals surface area contributed by atoms with Crippen LogP contribution < -0.4 is 16.6 Å². The smallest absolute Gasteiger partial charge is 0.336 e. The second-order valence-corrected chi connectivity index (χ2v) is 7.57. The number of fused-ring (bicyclic) bond motifs is 1. The number of benzene rings is 2. The van der Waals surface area contributed by atoms with Gasteiger partial charge in [-0.3, -0.25) is 14.2 Å². The van der Waals surface area contributed by atoms with E-state index in [4.69, 9.17) is 11.6 Å². The molecule has 0 saturated carbocycles. The van der Waals surface area contributed by atoms with E-state index in [2.05, 4.69) is 5.32 Å². The second-order valence-electron chi connectivity index (χ2n) is 7.13. The molecule has 6 nitrogen and oxygen atoms in total. The van der Waals surface area contributed by atoms with Gasteiger partial charge in [0.25, 0.3) is 5.56 Å². The molecule has 0 aliphatic rings. The van der Waals surface area contributed by atoms with E-state index in [1.54, 1.807) is 43.3 Å². The average molecular weight is 400 g/mol. The standard InChI is InChI=1S/C21H22ClN3O3/c1-12(2)23-19(26)14(4)24-18-11-15(22)8-9-17(18)20(27)25(21(24)28)16-7-5-6-13(3)10-16/h5-12,14H,1-4H3,(H,23,26)/t14-/m0/s1. The molecular formula is C21H22ClN3O3. The molecule has 0 aliphatic carbocycles. The summed E-state index contributed by atoms with van der Waals surface area (Å²) >= 11 is 6.12. The monoisotopic (exact) mass is 399 g/mol. The number of hydrogen-bond acceptors (Lipinski definition) is 3. The van der Waals surface area contributed by atoms with Crippen molar-refractivity contribution >= 4 is 28.4 Å². The maximum absolute atomic E-state index is 13.4. The maximum Gasteiger partial charge on any atom is 0.336 e. The minimum Gasteiger partial charge on any atom is -0.352 e. The van der Waals surface area contributed by atoms with Gasteiger partial charge in [0, 0.05) is 11.1 Å². The maximum atomic E-state index is 13.4. The van der Waals surface area contributed by atoms with Gasteiger partial charge in [-0.25, -0.2) is 9.36 Å². The van der Waals surface area contributed by atoms with Crippen LogP contribution in [-0.4, -0.2) is 21.1 Å². The zero-order valence-corrected chi connectivity index (χ0v) is 16.9. The molecule has 1 amide bonds. The number of nitrogens with zero attached hydrogens (tertiary/aromatic N) is 2. The van der Waals surface area contributed by atoms with Crippen molar-refractivity contribution in [2.75, 3.05) is 0 Å². The first-order valence-electron chi connectivity index (χ1n) is 9.05. The summed E-state index contributed by atoms with van der Waals surface area (Å²) in [5.41, 5.74) is 0.666. The molecule has 28 heavy (non-hydrogen) atoms. The van der Waals surface area contributed by atoms with Crippen molar-refractivity contribution in [3.63, 3.8) is 0 Å². The van der Waals surface area contributed by atoms with Gasteiger partial charge in [-0.2, -0.15) is 0 Å². The lowest BCUT2D eigenvalue weighted by molar-refractivity contribution is -0.124. The van der Waals surface area contributed by atoms with E-state index in [9.17, 15) is 14.4 Å². The molecule has 0 fully saturated rings. The molecule has 0 spiro atoms. The molecule has 1 atom stereocenters. The van der Waals surface area contributed by atoms with Crippen molar-refractivity contribution < 1.29 is 4.79 Å². The molecule has 0 unspecified atom stereocenters. The Balaban J connectivity index is 2.39. The Morgan fingerprint density at radius 1 is 1.07 bits per heavy atom. The fraction of sp³-hybridized carbons (Fsp3) is 0.286. The number of carbonyl (C=O) groups excluding carboxylic acids is 1. The van der Waals surface area contributed by atoms with Crippen LogP contribution in [0.2, 0.25) is 5.02 Å². The third-order valence-electron chi connectivity index (χ3n) is 4.51. The van der Waals surface area contributed by atoms with Crippen LogP contribution in [0.15, 0.2) is 52.1 Å². The number of hydrogen-bond donors (Lipinski definition) is 1. The highest BCUT2D eigenvalue weighted by Crippen LogP contribution is 2.20. The molecule has 0 bridgehead atoms. The highest BCUT2D eigenvalue weighted by molar-refractivity contribution is 6.31. The molecule has 7 heteroatoms. The molecule has 1 aromatic heterocycles. The molecule has 3 aromatic rings. The van der Waals surface area contributed by atoms with Crippen molar-refractivity contribution in [3.05, 3.63) is 73.9 Å². The second kappa shape index (κ2) is 7.64. The van der Waals surface area contributed by atoms with Gasteiger partial charge in [0.15, 0.2) is 0 Å². The van der Waals surface area contributed by atoms with Crippen molar-refractivity contribution in [3.8, 4) is 5.69 Å². The van der Waals surface area contributed by atoms with Crippen molar-refractivity contribution in [2.45, 2.75) is 39.8 Å². The molecule has 2 aromatic carbocycles. The minimum absolute atomic E-state index is 0.0804. The lowest BCUT2D eigenvalue weighted by atomic mass is 10.2. The molecule has 0 saturated heterocycles. The summed E-state index contributed by atoms with van der Waals surface area (Å²) in [4.78, 5) is 39.1. The quantitative estimate of drug-likeness (QED) is 0.732. The molecule has 146 valence electrons. The van der Waals surface area contributed by atoms with Gasteiger partial charge in [0.2, 0.25) is 5.91 Å². The number of aromatic nitrogens is 2. The molecule has 1 N–H and O–H groups in total. The van der Waals surface area contributed by atoms with Gasteiger partial charge in [-0.15, -0.1) is 0 Å². The molecule has 0 aliphatic heterocycles. The first-order chi connectivity index (χ1) is 13.2. The number of carbonyl (C=O) groups is 1. The fourth-order valence-corrected chi connectivity index (χ4v) is 3.36. The summed E-state index contributed by atoms with van der Waals surface area (Å²) in [7, 11) is 0. The average Bonchev–Trinajstić information content (AvgIpc) is 2.61. The lowest BCUT2D eigenvalue weighted by Gasteiger charge is -2.21. The molecule has 1 heterocycles. The zero-order valence-electron chi connectivity index (χ0n) is 16.2. The summed E-state index contributed by atoms with van der Waals surface area (Å²) in [6.45, 7) is 7.20. The van der Waals surface area contributed by atoms with Crippen LogP contribution in [-0.2, 0) is 4.79 Å². The van der Waals surface area contributed by atoms with Crippen LogP contribution in [0.1, 0.15) is 32.4 Å². The van der Waals surface area contributed by atoms with Gasteiger partial charge in [0.05, 0.1) is 16.6 Å². The van der Waals surface area contributed by atoms with Gasteiger partial charge >= 0.3 is 5.69 Å². The number of nitrogens with one attached hydrogen (secondary N) is 1. The summed E-state index contributed by atoms with van der Waals surface area (Å²) in [5, 5.41) is 3.51. The van der Waals surface area contributed by atoms with Gasteiger partial charge in [0.1, 0.15) is 6.04 Å². The number of halogens is 1. The Labute approximate surface area is 167 Å². The Morgan fingerprint density at radius 2 is 1.79 bits per heavy atom. The van der Waals surface area contributed by atoms with E-state index in [0.717, 1.165) is 10.1 Å². The minimum atomic E-state index is -0.826. The predicted molar refractivity (Wildman–Crippen MR) is 112 cm³/mol. The summed E-state index contributed by atoms with van der Waals surface area (Å²) in [6.07, 6.45) is 0. The zero-order chi connectivity index (χ0) is 20.6. The molecular weight excluding hydrogens is 378 g/mol. The number of rotatable bonds is 4. The van der Waals surface area contributed by atoms with Crippen LogP contribution in [0.4, 0.5) is 0 Å². The summed E-state index contributed by atoms with van der Waals surface area (Å²) in [6, 6.07) is 10.9. The number of amides is 1. The normalized spacial score (nSPS) is 12.4. The lowest BCUT2D eigenvalue weighted by Crippen LogP contribution is -2.44. The van der Waals surface area contributed by atoms with E-state index in [1.165, 1.54) is 4.57 Å². The van der Waals surface area contributed by atoms with Gasteiger partial charge in [-0.1, -0.05) is 23.7 Å². The third kappa shape index (κ3) is 3.60. The van der Waals surface area contributed by atoms with E-state index >= 15 is 0 Å². The summed E-state index contributed by atoms with van der Waals surface area (Å²) < 4.78 is 2.42. The van der Waals surface area contributed by atoms with Crippen LogP contribution >= 0.6 is 11.6 Å². The van der Waals surface area contributed by atoms with Gasteiger partial charge in [-0.05, 0) is 63.6 Å². The SMILES string of the molecule is Cc1cccc(-n2c(=O)c3ccc(Cl)cc3n([C@@H](C)C(=O)NC(C)C)c2=O)c1. The Kier molecular flexibility index (Phi) is 5.42. The summed E-state index contributed by atoms with van der Waals surface area (Å²) in [5.74, 6) is -0.312. The van der Waals surface area contributed by atoms with E-state index in [0.29, 0.717) is 21.6 Å². The largest absolute Gasteiger partial charge is 0.352 e. The molecule has 3 rings (SSSR count). The Morgan fingerprint density at radius 3 is 2.43 bits per heavy atom. The van der Waals surface area contributed by atoms with E-state index in [1.807, 2.05) is 26.8 Å². The first-order valence-corrected chi connectivity index (χ1v) is 9.42. The van der Waals surface area contributed by atoms with Crippen molar-refractivity contribution in [1.29, 1.82) is 0 Å². The highest BCUT2D eigenvalue weighted by Gasteiger charge is 2.23. The first kappa shape index (κ1) is 19.9. The van der Waals surface area contributed by atoms with E-state index in [-0.39, 0.29) is 11.9 Å². The van der Waals surface area contributed by atoms with Crippen LogP contribution in [0.5, 0.6) is 0 Å². The Hall–Kier alpha value is -2.86. The van der Waals surface area contributed by atoms with Crippen LogP contribution in [0.3, 0.4) is 0 Å². The van der Waals surface area contributed by atoms with Crippen molar-refractivity contribution in [1.82, 2.24) is 14.5 Å². The predicted octanol–water partition coefficient (Wildman–Crippen LogP) is 3.20. The van der Waals surface area contributed by atoms with Crippen LogP contribution in [0, 0.1) is 6.92 Å². The third-order valence-corrected chi connectivity index (χ3v) is 4.74. The van der Waals surface area contributed by atoms with Crippen molar-refractivity contribution in [2.24, 2.45) is 0 Å². The van der Waals surface area contributed by atoms with Crippen LogP contribution in [0.25, 0.3) is 16.6 Å².